The Morgan fingerprint density at radius 1 is 1.11 bits per heavy atom. The van der Waals surface area contributed by atoms with E-state index in [0.29, 0.717) is 41.2 Å². The van der Waals surface area contributed by atoms with E-state index in [1.54, 1.807) is 6.92 Å². The molecule has 1 aromatic heterocycles. The minimum Gasteiger partial charge on any atom is -0.424 e. The molecule has 0 spiro atoms. The number of rotatable bonds is 8. The molecule has 8 nitrogen and oxygen atoms in total. The van der Waals surface area contributed by atoms with Crippen molar-refractivity contribution >= 4 is 50.8 Å². The Kier molecular flexibility index (Phi) is 9.13. The summed E-state index contributed by atoms with van der Waals surface area (Å²) in [6.45, 7) is 9.27. The van der Waals surface area contributed by atoms with Crippen molar-refractivity contribution in [2.75, 3.05) is 31.1 Å². The number of aromatic nitrogens is 3. The van der Waals surface area contributed by atoms with Gasteiger partial charge in [0.2, 0.25) is 5.91 Å². The summed E-state index contributed by atoms with van der Waals surface area (Å²) in [6, 6.07) is 12.1. The molecule has 1 atom stereocenters. The van der Waals surface area contributed by atoms with E-state index in [0.717, 1.165) is 48.1 Å². The zero-order chi connectivity index (χ0) is 26.5. The van der Waals surface area contributed by atoms with Gasteiger partial charge in [0, 0.05) is 62.7 Å². The second-order valence-corrected chi connectivity index (χ2v) is 11.2. The van der Waals surface area contributed by atoms with Crippen molar-refractivity contribution in [2.24, 2.45) is 5.14 Å². The van der Waals surface area contributed by atoms with E-state index in [4.69, 9.17) is 33.1 Å². The van der Waals surface area contributed by atoms with Crippen LogP contribution in [-0.2, 0) is 24.2 Å². The van der Waals surface area contributed by atoms with Crippen molar-refractivity contribution in [3.8, 4) is 11.8 Å². The van der Waals surface area contributed by atoms with Crippen molar-refractivity contribution in [3.63, 3.8) is 0 Å². The standard InChI is InChI=1S/C26H32Cl2N6O2S/c1-4-34-25(10-9-19-15-22(27)23(28)17-24(19)37(29)5-2)30-31-26(34)36-21-8-6-7-20(16-21)33-13-11-32(12-14-33)18(3)35/h5-8,15-17H,4,9-14,29H2,1-3H3. The maximum atomic E-state index is 11.6. The lowest BCUT2D eigenvalue weighted by Crippen LogP contribution is -2.48. The lowest BCUT2D eigenvalue weighted by atomic mass is 10.1. The van der Waals surface area contributed by atoms with Crippen molar-refractivity contribution in [1.82, 2.24) is 19.7 Å². The van der Waals surface area contributed by atoms with Crippen LogP contribution >= 0.6 is 33.9 Å². The molecule has 2 heterocycles. The number of hydrogen-bond donors (Lipinski definition) is 1. The molecule has 1 amide bonds. The van der Waals surface area contributed by atoms with Gasteiger partial charge in [0.05, 0.1) is 10.0 Å². The molecule has 1 aliphatic heterocycles. The number of piperazine rings is 1. The molecule has 0 bridgehead atoms. The molecule has 0 aliphatic carbocycles. The first-order valence-corrected chi connectivity index (χ1v) is 14.4. The number of carbonyl (C=O) groups excluding carboxylic acids is 1. The van der Waals surface area contributed by atoms with Gasteiger partial charge in [-0.15, -0.1) is 5.10 Å². The van der Waals surface area contributed by atoms with Crippen LogP contribution in [0.5, 0.6) is 11.8 Å². The van der Waals surface area contributed by atoms with Crippen LogP contribution in [0.2, 0.25) is 10.0 Å². The normalized spacial score (nSPS) is 14.8. The molecule has 1 saturated heterocycles. The molecule has 4 rings (SSSR count). The molecular formula is C26H32Cl2N6O2S. The first kappa shape index (κ1) is 27.4. The molecular weight excluding hydrogens is 531 g/mol. The summed E-state index contributed by atoms with van der Waals surface area (Å²) in [6.07, 6.45) is 1.34. The molecule has 3 aromatic rings. The average molecular weight is 564 g/mol. The molecule has 0 radical (unpaired) electrons. The minimum atomic E-state index is -0.525. The summed E-state index contributed by atoms with van der Waals surface area (Å²) in [5.74, 6) is 1.63. The predicted molar refractivity (Wildman–Crippen MR) is 152 cm³/mol. The Labute approximate surface area is 230 Å². The van der Waals surface area contributed by atoms with Crippen LogP contribution in [-0.4, -0.2) is 57.1 Å². The first-order chi connectivity index (χ1) is 17.8. The fourth-order valence-corrected chi connectivity index (χ4v) is 5.77. The van der Waals surface area contributed by atoms with Gasteiger partial charge in [-0.25, -0.2) is 0 Å². The Bertz CT molecular complexity index is 1300. The largest absolute Gasteiger partial charge is 0.424 e. The lowest BCUT2D eigenvalue weighted by Gasteiger charge is -2.35. The number of anilines is 1. The molecule has 1 fully saturated rings. The highest BCUT2D eigenvalue weighted by Gasteiger charge is 2.20. The number of hydrogen-bond acceptors (Lipinski definition) is 6. The molecule has 2 N–H and O–H groups in total. The van der Waals surface area contributed by atoms with Gasteiger partial charge in [-0.3, -0.25) is 14.5 Å². The van der Waals surface area contributed by atoms with Gasteiger partial charge in [-0.05, 0) is 55.5 Å². The van der Waals surface area contributed by atoms with Crippen molar-refractivity contribution in [2.45, 2.75) is 45.1 Å². The van der Waals surface area contributed by atoms with Crippen LogP contribution in [0, 0.1) is 0 Å². The van der Waals surface area contributed by atoms with Crippen LogP contribution < -0.4 is 14.8 Å². The van der Waals surface area contributed by atoms with E-state index in [2.05, 4.69) is 21.2 Å². The lowest BCUT2D eigenvalue weighted by molar-refractivity contribution is -0.129. The molecule has 198 valence electrons. The summed E-state index contributed by atoms with van der Waals surface area (Å²) in [7, 11) is -0.525. The van der Waals surface area contributed by atoms with E-state index in [9.17, 15) is 4.79 Å². The van der Waals surface area contributed by atoms with Crippen LogP contribution in [0.15, 0.2) is 41.3 Å². The number of carbonyl (C=O) groups is 1. The van der Waals surface area contributed by atoms with E-state index in [1.165, 1.54) is 0 Å². The van der Waals surface area contributed by atoms with Gasteiger partial charge in [-0.1, -0.05) is 45.0 Å². The van der Waals surface area contributed by atoms with Crippen LogP contribution in [0.1, 0.15) is 32.2 Å². The van der Waals surface area contributed by atoms with E-state index in [1.807, 2.05) is 59.0 Å². The second kappa shape index (κ2) is 12.3. The number of ether oxygens (including phenoxy) is 1. The molecule has 1 aliphatic rings. The summed E-state index contributed by atoms with van der Waals surface area (Å²) in [4.78, 5) is 16.7. The third kappa shape index (κ3) is 6.46. The molecule has 0 saturated carbocycles. The summed E-state index contributed by atoms with van der Waals surface area (Å²) < 4.78 is 8.15. The van der Waals surface area contributed by atoms with Gasteiger partial charge in [0.25, 0.3) is 0 Å². The minimum absolute atomic E-state index is 0.119. The fraction of sp³-hybridized carbons (Fsp3) is 0.385. The zero-order valence-corrected chi connectivity index (χ0v) is 23.6. The van der Waals surface area contributed by atoms with Crippen LogP contribution in [0.3, 0.4) is 0 Å². The van der Waals surface area contributed by atoms with Gasteiger partial charge in [0.15, 0.2) is 0 Å². The van der Waals surface area contributed by atoms with Gasteiger partial charge in [0.1, 0.15) is 11.6 Å². The highest BCUT2D eigenvalue weighted by Crippen LogP contribution is 2.33. The van der Waals surface area contributed by atoms with E-state index >= 15 is 0 Å². The van der Waals surface area contributed by atoms with Crippen molar-refractivity contribution in [1.29, 1.82) is 0 Å². The SMILES string of the molecule is C/C=S(/N)c1cc(Cl)c(Cl)cc1CCc1nnc(Oc2cccc(N3CCN(C(C)=O)CC3)c2)n1CC. The van der Waals surface area contributed by atoms with E-state index in [-0.39, 0.29) is 5.91 Å². The smallest absolute Gasteiger partial charge is 0.322 e. The van der Waals surface area contributed by atoms with E-state index < -0.39 is 10.7 Å². The first-order valence-electron chi connectivity index (χ1n) is 12.3. The number of amides is 1. The number of nitrogens with two attached hydrogens (primary N) is 1. The quantitative estimate of drug-likeness (QED) is 0.381. The summed E-state index contributed by atoms with van der Waals surface area (Å²) in [5, 5.41) is 18.0. The maximum absolute atomic E-state index is 11.6. The average Bonchev–Trinajstić information content (AvgIpc) is 3.29. The Hall–Kier alpha value is -2.59. The number of benzene rings is 2. The Morgan fingerprint density at radius 3 is 2.51 bits per heavy atom. The number of halogens is 2. The summed E-state index contributed by atoms with van der Waals surface area (Å²) in [5.41, 5.74) is 2.10. The number of nitrogens with zero attached hydrogens (tertiary/aromatic N) is 5. The highest BCUT2D eigenvalue weighted by molar-refractivity contribution is 8.13. The van der Waals surface area contributed by atoms with Crippen LogP contribution in [0.25, 0.3) is 0 Å². The monoisotopic (exact) mass is 562 g/mol. The third-order valence-corrected chi connectivity index (χ3v) is 8.57. The van der Waals surface area contributed by atoms with Gasteiger partial charge < -0.3 is 14.5 Å². The van der Waals surface area contributed by atoms with Crippen molar-refractivity contribution in [3.05, 3.63) is 57.8 Å². The highest BCUT2D eigenvalue weighted by atomic mass is 35.5. The Morgan fingerprint density at radius 2 is 1.84 bits per heavy atom. The second-order valence-electron chi connectivity index (χ2n) is 8.72. The molecule has 11 heteroatoms. The topological polar surface area (TPSA) is 89.5 Å². The summed E-state index contributed by atoms with van der Waals surface area (Å²) >= 11 is 12.6. The molecule has 2 aromatic carbocycles. The Balaban J connectivity index is 1.48. The third-order valence-electron chi connectivity index (χ3n) is 6.46. The zero-order valence-electron chi connectivity index (χ0n) is 21.3. The molecule has 37 heavy (non-hydrogen) atoms. The number of aryl methyl sites for hydroxylation is 2. The van der Waals surface area contributed by atoms with Crippen molar-refractivity contribution < 1.29 is 9.53 Å². The van der Waals surface area contributed by atoms with Gasteiger partial charge in [-0.2, -0.15) is 0 Å². The maximum Gasteiger partial charge on any atom is 0.322 e. The van der Waals surface area contributed by atoms with Crippen LogP contribution in [0.4, 0.5) is 5.69 Å². The predicted octanol–water partition coefficient (Wildman–Crippen LogP) is 5.17. The van der Waals surface area contributed by atoms with Gasteiger partial charge >= 0.3 is 6.01 Å². The molecule has 1 unspecified atom stereocenters. The fourth-order valence-electron chi connectivity index (χ4n) is 4.38.